The molecule has 1 unspecified atom stereocenters. The largest absolute Gasteiger partial charge is 0.354 e. The van der Waals surface area contributed by atoms with Gasteiger partial charge in [0.15, 0.2) is 0 Å². The third-order valence-electron chi connectivity index (χ3n) is 2.81. The number of rotatable bonds is 8. The minimum atomic E-state index is 0.0112. The van der Waals surface area contributed by atoms with Crippen molar-refractivity contribution in [1.82, 2.24) is 10.6 Å². The van der Waals surface area contributed by atoms with Crippen LogP contribution in [-0.4, -0.2) is 31.3 Å². The Labute approximate surface area is 120 Å². The summed E-state index contributed by atoms with van der Waals surface area (Å²) in [7, 11) is 1.89. The molecule has 2 N–H and O–H groups in total. The Kier molecular flexibility index (Phi) is 7.60. The van der Waals surface area contributed by atoms with Gasteiger partial charge < -0.3 is 10.6 Å². The Morgan fingerprint density at radius 3 is 2.47 bits per heavy atom. The van der Waals surface area contributed by atoms with E-state index in [-0.39, 0.29) is 11.2 Å². The van der Waals surface area contributed by atoms with E-state index in [1.807, 2.05) is 25.2 Å². The first-order valence-electron chi connectivity index (χ1n) is 6.73. The molecule has 0 radical (unpaired) electrons. The van der Waals surface area contributed by atoms with E-state index < -0.39 is 0 Å². The number of nitrogens with one attached hydrogen (secondary N) is 2. The topological polar surface area (TPSA) is 41.1 Å². The minimum absolute atomic E-state index is 0.0112. The Balaban J connectivity index is 2.46. The highest BCUT2D eigenvalue weighted by Crippen LogP contribution is 2.23. The third-order valence-corrected chi connectivity index (χ3v) is 4.43. The smallest absolute Gasteiger partial charge is 0.233 e. The van der Waals surface area contributed by atoms with Gasteiger partial charge in [-0.25, -0.2) is 0 Å². The molecule has 0 saturated carbocycles. The molecule has 0 aliphatic heterocycles. The Morgan fingerprint density at radius 1 is 1.21 bits per heavy atom. The summed E-state index contributed by atoms with van der Waals surface area (Å²) in [5.74, 6) is 1.36. The molecule has 0 spiro atoms. The van der Waals surface area contributed by atoms with Gasteiger partial charge in [0.1, 0.15) is 0 Å². The van der Waals surface area contributed by atoms with Gasteiger partial charge in [-0.1, -0.05) is 44.2 Å². The molecule has 4 heteroatoms. The van der Waals surface area contributed by atoms with Gasteiger partial charge in [0.05, 0.1) is 5.25 Å². The number of likely N-dealkylation sites (N-methyl/N-ethyl adjacent to an activating group) is 1. The summed E-state index contributed by atoms with van der Waals surface area (Å²) in [6, 6.07) is 10.3. The maximum absolute atomic E-state index is 12.1. The second-order valence-corrected chi connectivity index (χ2v) is 5.99. The van der Waals surface area contributed by atoms with Crippen molar-refractivity contribution in [3.8, 4) is 0 Å². The first-order valence-corrected chi connectivity index (χ1v) is 7.78. The van der Waals surface area contributed by atoms with Gasteiger partial charge in [0.25, 0.3) is 0 Å². The molecule has 0 aliphatic carbocycles. The third kappa shape index (κ3) is 6.12. The first kappa shape index (κ1) is 16.1. The summed E-state index contributed by atoms with van der Waals surface area (Å²) in [6.45, 7) is 5.69. The van der Waals surface area contributed by atoms with Crippen molar-refractivity contribution < 1.29 is 4.79 Å². The molecule has 1 aromatic rings. The van der Waals surface area contributed by atoms with E-state index in [1.165, 1.54) is 5.56 Å². The summed E-state index contributed by atoms with van der Waals surface area (Å²) in [4.78, 5) is 12.1. The highest BCUT2D eigenvalue weighted by atomic mass is 32.2. The number of carbonyl (C=O) groups excluding carboxylic acids is 1. The van der Waals surface area contributed by atoms with E-state index in [1.54, 1.807) is 11.8 Å². The normalized spacial score (nSPS) is 12.4. The van der Waals surface area contributed by atoms with E-state index in [2.05, 4.69) is 36.6 Å². The Bertz CT molecular complexity index is 368. The van der Waals surface area contributed by atoms with Crippen LogP contribution >= 0.6 is 11.8 Å². The van der Waals surface area contributed by atoms with E-state index >= 15 is 0 Å². The molecule has 19 heavy (non-hydrogen) atoms. The second kappa shape index (κ2) is 8.99. The second-order valence-electron chi connectivity index (χ2n) is 4.86. The summed E-state index contributed by atoms with van der Waals surface area (Å²) in [6.07, 6.45) is 0. The van der Waals surface area contributed by atoms with Gasteiger partial charge in [-0.2, -0.15) is 0 Å². The van der Waals surface area contributed by atoms with E-state index in [4.69, 9.17) is 0 Å². The van der Waals surface area contributed by atoms with Crippen molar-refractivity contribution in [2.75, 3.05) is 20.1 Å². The Morgan fingerprint density at radius 2 is 1.89 bits per heavy atom. The van der Waals surface area contributed by atoms with Crippen LogP contribution < -0.4 is 10.6 Å². The van der Waals surface area contributed by atoms with Crippen LogP contribution in [0.1, 0.15) is 19.4 Å². The van der Waals surface area contributed by atoms with Crippen LogP contribution in [0.5, 0.6) is 0 Å². The average Bonchev–Trinajstić information content (AvgIpc) is 2.40. The first-order chi connectivity index (χ1) is 9.15. The van der Waals surface area contributed by atoms with Crippen LogP contribution in [0.2, 0.25) is 0 Å². The fourth-order valence-corrected chi connectivity index (χ4v) is 2.93. The van der Waals surface area contributed by atoms with Crippen LogP contribution in [0, 0.1) is 5.92 Å². The molecular formula is C15H24N2OS. The predicted octanol–water partition coefficient (Wildman–Crippen LogP) is 2.28. The van der Waals surface area contributed by atoms with Crippen LogP contribution in [0.3, 0.4) is 0 Å². The van der Waals surface area contributed by atoms with Gasteiger partial charge in [0, 0.05) is 18.8 Å². The van der Waals surface area contributed by atoms with Gasteiger partial charge >= 0.3 is 0 Å². The predicted molar refractivity (Wildman–Crippen MR) is 83.3 cm³/mol. The lowest BCUT2D eigenvalue weighted by molar-refractivity contribution is -0.121. The fourth-order valence-electron chi connectivity index (χ4n) is 1.74. The highest BCUT2D eigenvalue weighted by molar-refractivity contribution is 7.99. The molecule has 1 aromatic carbocycles. The van der Waals surface area contributed by atoms with Crippen LogP contribution in [0.15, 0.2) is 30.3 Å². The molecule has 1 rings (SSSR count). The molecule has 1 atom stereocenters. The zero-order valence-corrected chi connectivity index (χ0v) is 12.8. The maximum atomic E-state index is 12.1. The van der Waals surface area contributed by atoms with Crippen LogP contribution in [0.4, 0.5) is 0 Å². The molecule has 0 heterocycles. The number of hydrogen-bond acceptors (Lipinski definition) is 3. The van der Waals surface area contributed by atoms with E-state index in [0.29, 0.717) is 12.5 Å². The molecule has 0 fully saturated rings. The number of carbonyl (C=O) groups is 1. The lowest BCUT2D eigenvalue weighted by atomic mass is 10.1. The summed E-state index contributed by atoms with van der Waals surface area (Å²) in [5, 5.41) is 6.02. The minimum Gasteiger partial charge on any atom is -0.354 e. The summed E-state index contributed by atoms with van der Waals surface area (Å²) < 4.78 is 0. The molecule has 0 aliphatic rings. The van der Waals surface area contributed by atoms with Gasteiger partial charge in [-0.3, -0.25) is 4.79 Å². The molecular weight excluding hydrogens is 256 g/mol. The van der Waals surface area contributed by atoms with Crippen molar-refractivity contribution in [2.45, 2.75) is 24.9 Å². The monoisotopic (exact) mass is 280 g/mol. The Hall–Kier alpha value is -1.00. The molecule has 0 saturated heterocycles. The standard InChI is InChI=1S/C15H24N2OS/c1-12(2)14(15(18)17-10-9-16-3)19-11-13-7-5-4-6-8-13/h4-8,12,14,16H,9-11H2,1-3H3,(H,17,18). The van der Waals surface area contributed by atoms with Gasteiger partial charge in [-0.05, 0) is 18.5 Å². The molecule has 0 bridgehead atoms. The molecule has 106 valence electrons. The van der Waals surface area contributed by atoms with E-state index in [0.717, 1.165) is 12.3 Å². The van der Waals surface area contributed by atoms with E-state index in [9.17, 15) is 4.79 Å². The SMILES string of the molecule is CNCCNC(=O)C(SCc1ccccc1)C(C)C. The van der Waals surface area contributed by atoms with Crippen molar-refractivity contribution in [3.63, 3.8) is 0 Å². The zero-order valence-electron chi connectivity index (χ0n) is 12.0. The zero-order chi connectivity index (χ0) is 14.1. The van der Waals surface area contributed by atoms with Crippen molar-refractivity contribution in [2.24, 2.45) is 5.92 Å². The maximum Gasteiger partial charge on any atom is 0.233 e. The summed E-state index contributed by atoms with van der Waals surface area (Å²) >= 11 is 1.72. The van der Waals surface area contributed by atoms with Crippen LogP contribution in [-0.2, 0) is 10.5 Å². The van der Waals surface area contributed by atoms with Crippen LogP contribution in [0.25, 0.3) is 0 Å². The number of benzene rings is 1. The van der Waals surface area contributed by atoms with Crippen molar-refractivity contribution in [1.29, 1.82) is 0 Å². The highest BCUT2D eigenvalue weighted by Gasteiger charge is 2.22. The number of hydrogen-bond donors (Lipinski definition) is 2. The average molecular weight is 280 g/mol. The lowest BCUT2D eigenvalue weighted by Gasteiger charge is -2.20. The molecule has 0 aromatic heterocycles. The number of amides is 1. The molecule has 3 nitrogen and oxygen atoms in total. The quantitative estimate of drug-likeness (QED) is 0.718. The lowest BCUT2D eigenvalue weighted by Crippen LogP contribution is -2.38. The fraction of sp³-hybridized carbons (Fsp3) is 0.533. The summed E-state index contributed by atoms with van der Waals surface area (Å²) in [5.41, 5.74) is 1.26. The number of thioether (sulfide) groups is 1. The van der Waals surface area contributed by atoms with Gasteiger partial charge in [0.2, 0.25) is 5.91 Å². The van der Waals surface area contributed by atoms with Gasteiger partial charge in [-0.15, -0.1) is 11.8 Å². The molecule has 1 amide bonds. The van der Waals surface area contributed by atoms with Crippen molar-refractivity contribution >= 4 is 17.7 Å². The van der Waals surface area contributed by atoms with Crippen molar-refractivity contribution in [3.05, 3.63) is 35.9 Å².